The van der Waals surface area contributed by atoms with Gasteiger partial charge in [0.1, 0.15) is 5.82 Å². The zero-order valence-electron chi connectivity index (χ0n) is 11.8. The second kappa shape index (κ2) is 8.29. The highest BCUT2D eigenvalue weighted by Crippen LogP contribution is 2.08. The predicted octanol–water partition coefficient (Wildman–Crippen LogP) is 2.77. The van der Waals surface area contributed by atoms with Gasteiger partial charge in [-0.25, -0.2) is 4.39 Å². The number of hydrogen-bond acceptors (Lipinski definition) is 1. The molecule has 3 nitrogen and oxygen atoms in total. The number of hydrogen-bond donors (Lipinski definition) is 2. The molecule has 0 bridgehead atoms. The van der Waals surface area contributed by atoms with Crippen molar-refractivity contribution >= 4 is 5.96 Å². The lowest BCUT2D eigenvalue weighted by atomic mass is 10.1. The molecular formula is C15H22FN3. The third-order valence-corrected chi connectivity index (χ3v) is 2.75. The fourth-order valence-corrected chi connectivity index (χ4v) is 1.66. The number of nitrogens with one attached hydrogen (secondary N) is 2. The minimum atomic E-state index is -0.169. The summed E-state index contributed by atoms with van der Waals surface area (Å²) in [6.07, 6.45) is 5.09. The van der Waals surface area contributed by atoms with Crippen LogP contribution in [0.25, 0.3) is 0 Å². The van der Waals surface area contributed by atoms with Crippen LogP contribution in [0.5, 0.6) is 0 Å². The molecule has 1 rings (SSSR count). The fourth-order valence-electron chi connectivity index (χ4n) is 1.66. The summed E-state index contributed by atoms with van der Waals surface area (Å²) in [6, 6.07) is 5.12. The number of aliphatic imine (C=N–C) groups is 1. The Labute approximate surface area is 114 Å². The largest absolute Gasteiger partial charge is 0.356 e. The number of benzene rings is 1. The van der Waals surface area contributed by atoms with Crippen LogP contribution >= 0.6 is 0 Å². The van der Waals surface area contributed by atoms with Gasteiger partial charge in [-0.05, 0) is 37.5 Å². The number of guanidine groups is 1. The highest BCUT2D eigenvalue weighted by molar-refractivity contribution is 5.79. The Morgan fingerprint density at radius 2 is 2.16 bits per heavy atom. The Bertz CT molecular complexity index is 453. The number of halogens is 1. The smallest absolute Gasteiger partial charge is 0.191 e. The number of nitrogens with zero attached hydrogens (tertiary/aromatic N) is 1. The van der Waals surface area contributed by atoms with E-state index in [0.29, 0.717) is 12.1 Å². The highest BCUT2D eigenvalue weighted by atomic mass is 19.1. The molecule has 0 aliphatic rings. The molecule has 19 heavy (non-hydrogen) atoms. The maximum absolute atomic E-state index is 13.1. The standard InChI is InChI=1S/C15H22FN3/c1-4-5-6-9-18-15(17-3)19-11-13-7-8-14(16)12(2)10-13/h4-5,7-8,10H,6,9,11H2,1-3H3,(H2,17,18,19). The molecule has 0 fully saturated rings. The molecule has 104 valence electrons. The first-order valence-electron chi connectivity index (χ1n) is 6.48. The second-order valence-corrected chi connectivity index (χ2v) is 4.29. The molecule has 0 aliphatic carbocycles. The number of aryl methyl sites for hydroxylation is 1. The summed E-state index contributed by atoms with van der Waals surface area (Å²) in [6.45, 7) is 5.24. The van der Waals surface area contributed by atoms with Crippen molar-refractivity contribution in [2.45, 2.75) is 26.8 Å². The van der Waals surface area contributed by atoms with Crippen molar-refractivity contribution in [3.63, 3.8) is 0 Å². The van der Waals surface area contributed by atoms with Gasteiger partial charge in [-0.3, -0.25) is 4.99 Å². The lowest BCUT2D eigenvalue weighted by Gasteiger charge is -2.11. The first kappa shape index (κ1) is 15.2. The van der Waals surface area contributed by atoms with Crippen LogP contribution in [-0.4, -0.2) is 19.6 Å². The van der Waals surface area contributed by atoms with Gasteiger partial charge in [0.2, 0.25) is 0 Å². The van der Waals surface area contributed by atoms with Crippen LogP contribution in [-0.2, 0) is 6.54 Å². The fraction of sp³-hybridized carbons (Fsp3) is 0.400. The Morgan fingerprint density at radius 1 is 1.37 bits per heavy atom. The summed E-state index contributed by atoms with van der Waals surface area (Å²) in [4.78, 5) is 4.14. The van der Waals surface area contributed by atoms with Crippen LogP contribution in [0.2, 0.25) is 0 Å². The van der Waals surface area contributed by atoms with E-state index in [4.69, 9.17) is 0 Å². The molecule has 4 heteroatoms. The van der Waals surface area contributed by atoms with Gasteiger partial charge in [-0.2, -0.15) is 0 Å². The molecule has 0 radical (unpaired) electrons. The van der Waals surface area contributed by atoms with E-state index in [1.165, 1.54) is 6.07 Å². The van der Waals surface area contributed by atoms with Gasteiger partial charge in [0, 0.05) is 20.1 Å². The minimum Gasteiger partial charge on any atom is -0.356 e. The first-order chi connectivity index (χ1) is 9.17. The molecule has 0 unspecified atom stereocenters. The van der Waals surface area contributed by atoms with Crippen LogP contribution in [0, 0.1) is 12.7 Å². The quantitative estimate of drug-likeness (QED) is 0.371. The van der Waals surface area contributed by atoms with Gasteiger partial charge < -0.3 is 10.6 Å². The summed E-state index contributed by atoms with van der Waals surface area (Å²) >= 11 is 0. The first-order valence-corrected chi connectivity index (χ1v) is 6.48. The van der Waals surface area contributed by atoms with Crippen LogP contribution in [0.4, 0.5) is 4.39 Å². The Hall–Kier alpha value is -1.84. The molecule has 2 N–H and O–H groups in total. The minimum absolute atomic E-state index is 0.169. The van der Waals surface area contributed by atoms with E-state index < -0.39 is 0 Å². The Kier molecular flexibility index (Phi) is 6.64. The zero-order valence-corrected chi connectivity index (χ0v) is 11.8. The van der Waals surface area contributed by atoms with Crippen LogP contribution in [0.15, 0.2) is 35.3 Å². The topological polar surface area (TPSA) is 36.4 Å². The van der Waals surface area contributed by atoms with Crippen LogP contribution in [0.1, 0.15) is 24.5 Å². The van der Waals surface area contributed by atoms with Crippen molar-refractivity contribution in [2.75, 3.05) is 13.6 Å². The summed E-state index contributed by atoms with van der Waals surface area (Å²) in [5.74, 6) is 0.587. The molecule has 0 saturated carbocycles. The van der Waals surface area contributed by atoms with E-state index in [1.54, 1.807) is 20.0 Å². The van der Waals surface area contributed by atoms with E-state index >= 15 is 0 Å². The van der Waals surface area contributed by atoms with E-state index in [2.05, 4.69) is 21.7 Å². The monoisotopic (exact) mass is 263 g/mol. The van der Waals surface area contributed by atoms with Gasteiger partial charge in [-0.15, -0.1) is 0 Å². The molecule has 0 spiro atoms. The Morgan fingerprint density at radius 3 is 2.79 bits per heavy atom. The lowest BCUT2D eigenvalue weighted by molar-refractivity contribution is 0.617. The average molecular weight is 263 g/mol. The molecule has 0 aromatic heterocycles. The average Bonchev–Trinajstić information content (AvgIpc) is 2.42. The third kappa shape index (κ3) is 5.55. The molecule has 0 aliphatic heterocycles. The summed E-state index contributed by atoms with van der Waals surface area (Å²) in [5.41, 5.74) is 1.70. The molecule has 0 amide bonds. The van der Waals surface area contributed by atoms with Crippen molar-refractivity contribution in [1.82, 2.24) is 10.6 Å². The van der Waals surface area contributed by atoms with Gasteiger partial charge >= 0.3 is 0 Å². The maximum Gasteiger partial charge on any atom is 0.191 e. The van der Waals surface area contributed by atoms with E-state index in [9.17, 15) is 4.39 Å². The van der Waals surface area contributed by atoms with Crippen molar-refractivity contribution in [2.24, 2.45) is 4.99 Å². The summed E-state index contributed by atoms with van der Waals surface area (Å²) < 4.78 is 13.1. The normalized spacial score (nSPS) is 11.9. The molecule has 0 saturated heterocycles. The van der Waals surface area contributed by atoms with E-state index in [-0.39, 0.29) is 5.82 Å². The molecule has 0 atom stereocenters. The van der Waals surface area contributed by atoms with E-state index in [0.717, 1.165) is 24.5 Å². The maximum atomic E-state index is 13.1. The van der Waals surface area contributed by atoms with Crippen LogP contribution < -0.4 is 10.6 Å². The zero-order chi connectivity index (χ0) is 14.1. The van der Waals surface area contributed by atoms with Crippen molar-refractivity contribution in [3.8, 4) is 0 Å². The van der Waals surface area contributed by atoms with Crippen molar-refractivity contribution in [3.05, 3.63) is 47.3 Å². The van der Waals surface area contributed by atoms with Crippen molar-refractivity contribution in [1.29, 1.82) is 0 Å². The predicted molar refractivity (Wildman–Crippen MR) is 78.8 cm³/mol. The summed E-state index contributed by atoms with van der Waals surface area (Å²) in [7, 11) is 1.74. The summed E-state index contributed by atoms with van der Waals surface area (Å²) in [5, 5.41) is 6.42. The highest BCUT2D eigenvalue weighted by Gasteiger charge is 2.00. The van der Waals surface area contributed by atoms with Gasteiger partial charge in [0.25, 0.3) is 0 Å². The number of allylic oxidation sites excluding steroid dienone is 1. The molecule has 1 aromatic carbocycles. The molecular weight excluding hydrogens is 241 g/mol. The lowest BCUT2D eigenvalue weighted by Crippen LogP contribution is -2.37. The van der Waals surface area contributed by atoms with Gasteiger partial charge in [0.15, 0.2) is 5.96 Å². The van der Waals surface area contributed by atoms with Gasteiger partial charge in [0.05, 0.1) is 0 Å². The van der Waals surface area contributed by atoms with Gasteiger partial charge in [-0.1, -0.05) is 24.3 Å². The number of rotatable bonds is 5. The molecule has 1 aromatic rings. The second-order valence-electron chi connectivity index (χ2n) is 4.29. The molecule has 0 heterocycles. The van der Waals surface area contributed by atoms with E-state index in [1.807, 2.05) is 19.1 Å². The third-order valence-electron chi connectivity index (χ3n) is 2.75. The Balaban J connectivity index is 2.42. The SMILES string of the molecule is CC=CCCNC(=NC)NCc1ccc(F)c(C)c1. The van der Waals surface area contributed by atoms with Crippen molar-refractivity contribution < 1.29 is 4.39 Å². The van der Waals surface area contributed by atoms with Crippen LogP contribution in [0.3, 0.4) is 0 Å².